The van der Waals surface area contributed by atoms with Gasteiger partial charge in [-0.3, -0.25) is 9.59 Å². The Bertz CT molecular complexity index is 729. The van der Waals surface area contributed by atoms with Crippen LogP contribution in [-0.4, -0.2) is 30.1 Å². The molecule has 1 fully saturated rings. The lowest BCUT2D eigenvalue weighted by Gasteiger charge is -2.17. The first-order chi connectivity index (χ1) is 11.6. The van der Waals surface area contributed by atoms with E-state index in [0.29, 0.717) is 18.0 Å². The maximum Gasteiger partial charge on any atom is 0.308 e. The van der Waals surface area contributed by atoms with Crippen LogP contribution in [0.2, 0.25) is 0 Å². The maximum absolute atomic E-state index is 12.0. The minimum Gasteiger partial charge on any atom is -0.493 e. The van der Waals surface area contributed by atoms with Crippen LogP contribution in [0, 0.1) is 5.92 Å². The number of benzene rings is 2. The molecule has 2 aromatic carbocycles. The SMILES string of the molecule is O=C(O)C1CC(=O)N(c2cccc(OCCc3ccccc3)c2)C1. The van der Waals surface area contributed by atoms with Crippen molar-refractivity contribution in [3.63, 3.8) is 0 Å². The zero-order chi connectivity index (χ0) is 16.9. The van der Waals surface area contributed by atoms with Crippen molar-refractivity contribution >= 4 is 17.6 Å². The highest BCUT2D eigenvalue weighted by Crippen LogP contribution is 2.28. The summed E-state index contributed by atoms with van der Waals surface area (Å²) in [7, 11) is 0. The molecular formula is C19H19NO4. The first kappa shape index (κ1) is 16.1. The molecular weight excluding hydrogens is 306 g/mol. The van der Waals surface area contributed by atoms with E-state index in [-0.39, 0.29) is 18.9 Å². The van der Waals surface area contributed by atoms with Gasteiger partial charge in [-0.25, -0.2) is 0 Å². The van der Waals surface area contributed by atoms with Gasteiger partial charge in [-0.1, -0.05) is 36.4 Å². The third-order valence-electron chi connectivity index (χ3n) is 4.11. The van der Waals surface area contributed by atoms with Crippen molar-refractivity contribution in [2.75, 3.05) is 18.1 Å². The molecule has 1 aliphatic rings. The fourth-order valence-corrected chi connectivity index (χ4v) is 2.80. The number of hydrogen-bond acceptors (Lipinski definition) is 3. The quantitative estimate of drug-likeness (QED) is 0.887. The number of rotatable bonds is 6. The van der Waals surface area contributed by atoms with Crippen LogP contribution in [0.15, 0.2) is 54.6 Å². The maximum atomic E-state index is 12.0. The van der Waals surface area contributed by atoms with Gasteiger partial charge >= 0.3 is 5.97 Å². The molecule has 5 nitrogen and oxygen atoms in total. The summed E-state index contributed by atoms with van der Waals surface area (Å²) in [5.41, 5.74) is 1.88. The molecule has 1 amide bonds. The van der Waals surface area contributed by atoms with Crippen molar-refractivity contribution in [1.82, 2.24) is 0 Å². The standard InChI is InChI=1S/C19H19NO4/c21-18-11-15(19(22)23)13-20(18)16-7-4-8-17(12-16)24-10-9-14-5-2-1-3-6-14/h1-8,12,15H,9-11,13H2,(H,22,23). The van der Waals surface area contributed by atoms with E-state index in [9.17, 15) is 9.59 Å². The van der Waals surface area contributed by atoms with E-state index in [2.05, 4.69) is 12.1 Å². The van der Waals surface area contributed by atoms with E-state index in [0.717, 1.165) is 6.42 Å². The molecule has 3 rings (SSSR count). The lowest BCUT2D eigenvalue weighted by molar-refractivity contribution is -0.141. The van der Waals surface area contributed by atoms with Crippen LogP contribution in [-0.2, 0) is 16.0 Å². The summed E-state index contributed by atoms with van der Waals surface area (Å²) in [6.45, 7) is 0.751. The molecule has 0 aliphatic carbocycles. The van der Waals surface area contributed by atoms with Gasteiger partial charge in [-0.2, -0.15) is 0 Å². The van der Waals surface area contributed by atoms with Gasteiger partial charge < -0.3 is 14.7 Å². The molecule has 0 bridgehead atoms. The molecule has 2 aromatic rings. The second-order valence-corrected chi connectivity index (χ2v) is 5.83. The van der Waals surface area contributed by atoms with Gasteiger partial charge in [-0.15, -0.1) is 0 Å². The van der Waals surface area contributed by atoms with Crippen LogP contribution in [0.4, 0.5) is 5.69 Å². The van der Waals surface area contributed by atoms with Gasteiger partial charge in [0.2, 0.25) is 5.91 Å². The Kier molecular flexibility index (Phi) is 4.79. The molecule has 1 atom stereocenters. The molecule has 0 aromatic heterocycles. The van der Waals surface area contributed by atoms with Crippen LogP contribution in [0.5, 0.6) is 5.75 Å². The van der Waals surface area contributed by atoms with Crippen molar-refractivity contribution in [2.24, 2.45) is 5.92 Å². The highest BCUT2D eigenvalue weighted by molar-refractivity contribution is 5.99. The highest BCUT2D eigenvalue weighted by Gasteiger charge is 2.35. The van der Waals surface area contributed by atoms with Crippen LogP contribution >= 0.6 is 0 Å². The van der Waals surface area contributed by atoms with Gasteiger partial charge in [0.15, 0.2) is 0 Å². The van der Waals surface area contributed by atoms with Gasteiger partial charge in [0.05, 0.1) is 12.5 Å². The average molecular weight is 325 g/mol. The number of hydrogen-bond donors (Lipinski definition) is 1. The van der Waals surface area contributed by atoms with Crippen molar-refractivity contribution in [3.8, 4) is 5.75 Å². The summed E-state index contributed by atoms with van der Waals surface area (Å²) in [6, 6.07) is 17.3. The molecule has 0 radical (unpaired) electrons. The van der Waals surface area contributed by atoms with Crippen LogP contribution in [0.25, 0.3) is 0 Å². The number of carbonyl (C=O) groups excluding carboxylic acids is 1. The Morgan fingerprint density at radius 3 is 2.67 bits per heavy atom. The van der Waals surface area contributed by atoms with Crippen molar-refractivity contribution < 1.29 is 19.4 Å². The molecule has 124 valence electrons. The largest absolute Gasteiger partial charge is 0.493 e. The van der Waals surface area contributed by atoms with E-state index in [1.54, 1.807) is 12.1 Å². The summed E-state index contributed by atoms with van der Waals surface area (Å²) in [5.74, 6) is -1.06. The Balaban J connectivity index is 1.62. The minimum atomic E-state index is -0.930. The lowest BCUT2D eigenvalue weighted by Crippen LogP contribution is -2.25. The summed E-state index contributed by atoms with van der Waals surface area (Å²) < 4.78 is 5.77. The Morgan fingerprint density at radius 1 is 1.17 bits per heavy atom. The molecule has 1 saturated heterocycles. The molecule has 1 unspecified atom stereocenters. The topological polar surface area (TPSA) is 66.8 Å². The monoisotopic (exact) mass is 325 g/mol. The second-order valence-electron chi connectivity index (χ2n) is 5.83. The number of nitrogens with zero attached hydrogens (tertiary/aromatic N) is 1. The number of anilines is 1. The summed E-state index contributed by atoms with van der Waals surface area (Å²) in [6.07, 6.45) is 0.850. The zero-order valence-corrected chi connectivity index (χ0v) is 13.2. The second kappa shape index (κ2) is 7.17. The van der Waals surface area contributed by atoms with Gasteiger partial charge in [0, 0.05) is 31.1 Å². The van der Waals surface area contributed by atoms with E-state index in [1.807, 2.05) is 30.3 Å². The Labute approximate surface area is 140 Å². The zero-order valence-electron chi connectivity index (χ0n) is 13.2. The van der Waals surface area contributed by atoms with Crippen LogP contribution in [0.1, 0.15) is 12.0 Å². The fraction of sp³-hybridized carbons (Fsp3) is 0.263. The molecule has 1 aliphatic heterocycles. The molecule has 1 N–H and O–H groups in total. The smallest absolute Gasteiger partial charge is 0.308 e. The minimum absolute atomic E-state index is 0.0500. The van der Waals surface area contributed by atoms with Crippen LogP contribution < -0.4 is 9.64 Å². The summed E-state index contributed by atoms with van der Waals surface area (Å²) >= 11 is 0. The number of carboxylic acid groups (broad SMARTS) is 1. The average Bonchev–Trinajstić information content (AvgIpc) is 2.98. The molecule has 0 spiro atoms. The van der Waals surface area contributed by atoms with E-state index in [1.165, 1.54) is 10.5 Å². The first-order valence-electron chi connectivity index (χ1n) is 7.93. The van der Waals surface area contributed by atoms with Crippen molar-refractivity contribution in [2.45, 2.75) is 12.8 Å². The Morgan fingerprint density at radius 2 is 1.96 bits per heavy atom. The normalized spacial score (nSPS) is 17.1. The first-order valence-corrected chi connectivity index (χ1v) is 7.93. The predicted octanol–water partition coefficient (Wildman–Crippen LogP) is 2.75. The third kappa shape index (κ3) is 3.74. The van der Waals surface area contributed by atoms with E-state index in [4.69, 9.17) is 9.84 Å². The third-order valence-corrected chi connectivity index (χ3v) is 4.11. The highest BCUT2D eigenvalue weighted by atomic mass is 16.5. The van der Waals surface area contributed by atoms with Gasteiger partial charge in [0.1, 0.15) is 5.75 Å². The fourth-order valence-electron chi connectivity index (χ4n) is 2.80. The number of aliphatic carboxylic acids is 1. The predicted molar refractivity (Wildman–Crippen MR) is 90.2 cm³/mol. The van der Waals surface area contributed by atoms with E-state index < -0.39 is 11.9 Å². The molecule has 5 heteroatoms. The van der Waals surface area contributed by atoms with Crippen molar-refractivity contribution in [3.05, 3.63) is 60.2 Å². The molecule has 0 saturated carbocycles. The number of amides is 1. The summed E-state index contributed by atoms with van der Waals surface area (Å²) in [5, 5.41) is 9.07. The number of carbonyl (C=O) groups is 2. The molecule has 1 heterocycles. The van der Waals surface area contributed by atoms with Crippen LogP contribution in [0.3, 0.4) is 0 Å². The molecule has 24 heavy (non-hydrogen) atoms. The number of carboxylic acids is 1. The van der Waals surface area contributed by atoms with Crippen molar-refractivity contribution in [1.29, 1.82) is 0 Å². The van der Waals surface area contributed by atoms with E-state index >= 15 is 0 Å². The van der Waals surface area contributed by atoms with Gasteiger partial charge in [-0.05, 0) is 17.7 Å². The summed E-state index contributed by atoms with van der Waals surface area (Å²) in [4.78, 5) is 24.6. The lowest BCUT2D eigenvalue weighted by atomic mass is 10.1. The van der Waals surface area contributed by atoms with Gasteiger partial charge in [0.25, 0.3) is 0 Å². The Hall–Kier alpha value is -2.82. The number of ether oxygens (including phenoxy) is 1.